The number of amides is 1. The average molecular weight is 1050 g/mol. The van der Waals surface area contributed by atoms with Crippen LogP contribution in [0.25, 0.3) is 0 Å². The minimum absolute atomic E-state index is 0.00225. The van der Waals surface area contributed by atoms with Crippen molar-refractivity contribution < 1.29 is 24.5 Å². The zero-order chi connectivity index (χ0) is 54.3. The van der Waals surface area contributed by atoms with Gasteiger partial charge in [-0.15, -0.1) is 0 Å². The second-order valence-corrected chi connectivity index (χ2v) is 22.8. The predicted octanol–water partition coefficient (Wildman–Crippen LogP) is 21.3. The molecule has 0 bridgehead atoms. The van der Waals surface area contributed by atoms with Crippen molar-refractivity contribution in [2.45, 2.75) is 366 Å². The highest BCUT2D eigenvalue weighted by molar-refractivity contribution is 5.76. The molecular weight excluding hydrogens is 923 g/mol. The fourth-order valence-corrected chi connectivity index (χ4v) is 10.2. The largest absolute Gasteiger partial charge is 0.466 e. The van der Waals surface area contributed by atoms with Crippen molar-refractivity contribution in [3.05, 3.63) is 48.6 Å². The van der Waals surface area contributed by atoms with Crippen LogP contribution in [0.2, 0.25) is 0 Å². The smallest absolute Gasteiger partial charge is 0.305 e. The van der Waals surface area contributed by atoms with Crippen LogP contribution in [0.5, 0.6) is 0 Å². The van der Waals surface area contributed by atoms with Crippen LogP contribution in [0, 0.1) is 0 Å². The standard InChI is InChI=1S/C69H129NO5/c1-3-5-7-9-11-13-15-17-18-34-38-41-45-49-53-57-61-67(72)66(65-71)70-68(73)62-58-54-50-46-42-39-35-32-30-28-26-24-22-20-19-21-23-25-27-29-31-33-36-40-44-48-52-56-60-64-75-69(74)63-59-55-51-47-43-37-16-14-12-10-8-6-4-2/h14,16,19,21,25,27,57,61,66-67,71-72H,3-13,15,17-18,20,22-24,26,28-56,58-60,62-65H2,1-2H3,(H,70,73)/b16-14-,21-19-,27-25-,61-57+. The summed E-state index contributed by atoms with van der Waals surface area (Å²) in [5.41, 5.74) is 0. The number of rotatable bonds is 62. The van der Waals surface area contributed by atoms with Crippen LogP contribution >= 0.6 is 0 Å². The Hall–Kier alpha value is -2.18. The zero-order valence-electron chi connectivity index (χ0n) is 50.3. The first-order valence-electron chi connectivity index (χ1n) is 33.4. The number of ether oxygens (including phenoxy) is 1. The molecule has 0 spiro atoms. The van der Waals surface area contributed by atoms with Crippen molar-refractivity contribution in [3.8, 4) is 0 Å². The van der Waals surface area contributed by atoms with E-state index in [1.54, 1.807) is 6.08 Å². The Bertz CT molecular complexity index is 1260. The summed E-state index contributed by atoms with van der Waals surface area (Å²) in [7, 11) is 0. The molecule has 3 N–H and O–H groups in total. The Balaban J connectivity index is 3.43. The van der Waals surface area contributed by atoms with Gasteiger partial charge in [-0.05, 0) is 89.9 Å². The predicted molar refractivity (Wildman–Crippen MR) is 329 cm³/mol. The number of carbonyl (C=O) groups is 2. The van der Waals surface area contributed by atoms with Gasteiger partial charge in [-0.2, -0.15) is 0 Å². The summed E-state index contributed by atoms with van der Waals surface area (Å²) in [5, 5.41) is 23.2. The van der Waals surface area contributed by atoms with Gasteiger partial charge in [0.25, 0.3) is 0 Å². The third kappa shape index (κ3) is 60.9. The van der Waals surface area contributed by atoms with Gasteiger partial charge in [-0.1, -0.05) is 300 Å². The molecule has 0 radical (unpaired) electrons. The van der Waals surface area contributed by atoms with Crippen molar-refractivity contribution in [2.75, 3.05) is 13.2 Å². The highest BCUT2D eigenvalue weighted by Crippen LogP contribution is 2.17. The molecule has 440 valence electrons. The van der Waals surface area contributed by atoms with Crippen LogP contribution in [-0.4, -0.2) is 47.4 Å². The molecule has 0 aromatic carbocycles. The lowest BCUT2D eigenvalue weighted by Crippen LogP contribution is -2.45. The zero-order valence-corrected chi connectivity index (χ0v) is 50.3. The molecule has 6 heteroatoms. The van der Waals surface area contributed by atoms with E-state index in [0.29, 0.717) is 19.4 Å². The van der Waals surface area contributed by atoms with E-state index in [9.17, 15) is 19.8 Å². The lowest BCUT2D eigenvalue weighted by Gasteiger charge is -2.20. The highest BCUT2D eigenvalue weighted by Gasteiger charge is 2.18. The Morgan fingerprint density at radius 2 is 0.667 bits per heavy atom. The molecule has 75 heavy (non-hydrogen) atoms. The van der Waals surface area contributed by atoms with E-state index in [1.807, 2.05) is 6.08 Å². The van der Waals surface area contributed by atoms with Crippen molar-refractivity contribution in [1.82, 2.24) is 5.32 Å². The molecule has 0 saturated carbocycles. The Labute approximate surface area is 467 Å². The maximum Gasteiger partial charge on any atom is 0.305 e. The van der Waals surface area contributed by atoms with Crippen molar-refractivity contribution >= 4 is 11.9 Å². The van der Waals surface area contributed by atoms with Gasteiger partial charge in [0.1, 0.15) is 0 Å². The van der Waals surface area contributed by atoms with Gasteiger partial charge >= 0.3 is 5.97 Å². The van der Waals surface area contributed by atoms with E-state index in [-0.39, 0.29) is 18.5 Å². The fraction of sp³-hybridized carbons (Fsp3) is 0.855. The quantitative estimate of drug-likeness (QED) is 0.0320. The molecule has 0 aromatic rings. The highest BCUT2D eigenvalue weighted by atomic mass is 16.5. The lowest BCUT2D eigenvalue weighted by molar-refractivity contribution is -0.143. The fourth-order valence-electron chi connectivity index (χ4n) is 10.2. The number of esters is 1. The summed E-state index contributed by atoms with van der Waals surface area (Å²) >= 11 is 0. The minimum atomic E-state index is -0.846. The van der Waals surface area contributed by atoms with Crippen LogP contribution in [-0.2, 0) is 14.3 Å². The molecule has 0 aliphatic rings. The van der Waals surface area contributed by atoms with Gasteiger partial charge in [0.2, 0.25) is 5.91 Å². The van der Waals surface area contributed by atoms with Crippen molar-refractivity contribution in [3.63, 3.8) is 0 Å². The normalized spacial score (nSPS) is 12.9. The van der Waals surface area contributed by atoms with E-state index in [0.717, 1.165) is 51.4 Å². The van der Waals surface area contributed by atoms with Gasteiger partial charge < -0.3 is 20.3 Å². The summed E-state index contributed by atoms with van der Waals surface area (Å²) in [4.78, 5) is 24.5. The molecule has 2 atom stereocenters. The van der Waals surface area contributed by atoms with Gasteiger partial charge in [0, 0.05) is 12.8 Å². The molecule has 0 heterocycles. The molecule has 2 unspecified atom stereocenters. The molecule has 6 nitrogen and oxygen atoms in total. The second kappa shape index (κ2) is 64.3. The average Bonchev–Trinajstić information content (AvgIpc) is 3.41. The maximum atomic E-state index is 12.5. The molecule has 1 amide bonds. The minimum Gasteiger partial charge on any atom is -0.466 e. The van der Waals surface area contributed by atoms with Crippen LogP contribution in [0.15, 0.2) is 48.6 Å². The van der Waals surface area contributed by atoms with Crippen LogP contribution < -0.4 is 5.32 Å². The van der Waals surface area contributed by atoms with Gasteiger partial charge in [0.15, 0.2) is 0 Å². The second-order valence-electron chi connectivity index (χ2n) is 22.8. The first-order chi connectivity index (χ1) is 37.0. The number of hydrogen-bond acceptors (Lipinski definition) is 5. The van der Waals surface area contributed by atoms with E-state index in [2.05, 4.69) is 55.6 Å². The molecule has 0 aliphatic heterocycles. The Morgan fingerprint density at radius 3 is 1.04 bits per heavy atom. The molecular formula is C69H129NO5. The van der Waals surface area contributed by atoms with Gasteiger partial charge in [-0.25, -0.2) is 0 Å². The number of aliphatic hydroxyl groups is 2. The summed E-state index contributed by atoms with van der Waals surface area (Å²) in [6.45, 7) is 4.90. The van der Waals surface area contributed by atoms with Crippen LogP contribution in [0.1, 0.15) is 354 Å². The molecule has 0 saturated heterocycles. The summed E-state index contributed by atoms with van der Waals surface area (Å²) in [5.74, 6) is -0.0652. The third-order valence-corrected chi connectivity index (χ3v) is 15.3. The van der Waals surface area contributed by atoms with Crippen LogP contribution in [0.4, 0.5) is 0 Å². The Morgan fingerprint density at radius 1 is 0.373 bits per heavy atom. The molecule has 0 rings (SSSR count). The molecule has 0 aromatic heterocycles. The van der Waals surface area contributed by atoms with E-state index in [4.69, 9.17) is 4.74 Å². The van der Waals surface area contributed by atoms with E-state index >= 15 is 0 Å². The monoisotopic (exact) mass is 1050 g/mol. The first-order valence-corrected chi connectivity index (χ1v) is 33.4. The summed E-state index contributed by atoms with van der Waals surface area (Å²) < 4.78 is 5.47. The summed E-state index contributed by atoms with van der Waals surface area (Å²) in [6, 6.07) is -0.629. The van der Waals surface area contributed by atoms with Crippen LogP contribution in [0.3, 0.4) is 0 Å². The number of allylic oxidation sites excluding steroid dienone is 7. The third-order valence-electron chi connectivity index (χ3n) is 15.3. The topological polar surface area (TPSA) is 95.9 Å². The lowest BCUT2D eigenvalue weighted by atomic mass is 10.0. The molecule has 0 fully saturated rings. The SMILES string of the molecule is CCCCCC/C=C\CCCCCCCC(=O)OCCCCCCCCCCC/C=C\C/C=C\CCCCCCCCCCCCCCCC(=O)NC(CO)C(O)/C=C/CCCCCCCCCCCCCCCC. The van der Waals surface area contributed by atoms with E-state index < -0.39 is 12.1 Å². The van der Waals surface area contributed by atoms with Crippen molar-refractivity contribution in [1.29, 1.82) is 0 Å². The van der Waals surface area contributed by atoms with Crippen molar-refractivity contribution in [2.24, 2.45) is 0 Å². The van der Waals surface area contributed by atoms with E-state index in [1.165, 1.54) is 276 Å². The summed E-state index contributed by atoms with van der Waals surface area (Å²) in [6.07, 6.45) is 83.1. The number of unbranched alkanes of at least 4 members (excludes halogenated alkanes) is 45. The number of carbonyl (C=O) groups excluding carboxylic acids is 2. The number of aliphatic hydroxyl groups excluding tert-OH is 2. The Kier molecular flexibility index (Phi) is 62.5. The molecule has 0 aliphatic carbocycles. The van der Waals surface area contributed by atoms with Gasteiger partial charge in [-0.3, -0.25) is 9.59 Å². The maximum absolute atomic E-state index is 12.5. The number of nitrogens with one attached hydrogen (secondary N) is 1. The first kappa shape index (κ1) is 72.8. The number of hydrogen-bond donors (Lipinski definition) is 3. The van der Waals surface area contributed by atoms with Gasteiger partial charge in [0.05, 0.1) is 25.4 Å².